The maximum atomic E-state index is 4.53. The quantitative estimate of drug-likeness (QED) is 0.888. The molecule has 0 aliphatic rings. The van der Waals surface area contributed by atoms with Gasteiger partial charge in [-0.05, 0) is 18.2 Å². The second kappa shape index (κ2) is 6.02. The van der Waals surface area contributed by atoms with Gasteiger partial charge in [-0.1, -0.05) is 35.8 Å². The zero-order valence-corrected chi connectivity index (χ0v) is 12.8. The Hall–Kier alpha value is -1.62. The average Bonchev–Trinajstić information content (AvgIpc) is 2.38. The fourth-order valence-corrected chi connectivity index (χ4v) is 2.03. The Bertz CT molecular complexity index is 569. The third kappa shape index (κ3) is 3.67. The summed E-state index contributed by atoms with van der Waals surface area (Å²) in [4.78, 5) is 8.97. The summed E-state index contributed by atoms with van der Waals surface area (Å²) in [6.07, 6.45) is 0. The van der Waals surface area contributed by atoms with Crippen LogP contribution in [0.25, 0.3) is 0 Å². The Labute approximate surface area is 121 Å². The minimum absolute atomic E-state index is 0.288. The average molecular weight is 321 g/mol. The molecule has 1 heterocycles. The molecule has 1 aromatic heterocycles. The molecule has 0 saturated carbocycles. The Morgan fingerprint density at radius 1 is 1.11 bits per heavy atom. The summed E-state index contributed by atoms with van der Waals surface area (Å²) in [5.74, 6) is 2.72. The zero-order chi connectivity index (χ0) is 13.8. The van der Waals surface area contributed by atoms with Gasteiger partial charge in [0.05, 0.1) is 0 Å². The highest BCUT2D eigenvalue weighted by atomic mass is 79.9. The number of anilines is 3. The molecule has 0 bridgehead atoms. The molecular weight excluding hydrogens is 304 g/mol. The molecule has 2 aromatic rings. The van der Waals surface area contributed by atoms with E-state index in [2.05, 4.69) is 50.4 Å². The molecule has 0 spiro atoms. The fourth-order valence-electron chi connectivity index (χ4n) is 1.63. The lowest BCUT2D eigenvalue weighted by molar-refractivity contribution is 0.778. The van der Waals surface area contributed by atoms with Gasteiger partial charge < -0.3 is 10.6 Å². The summed E-state index contributed by atoms with van der Waals surface area (Å²) in [7, 11) is 1.86. The molecule has 0 saturated heterocycles. The van der Waals surface area contributed by atoms with Crippen molar-refractivity contribution in [2.45, 2.75) is 19.8 Å². The van der Waals surface area contributed by atoms with Crippen molar-refractivity contribution in [3.8, 4) is 0 Å². The van der Waals surface area contributed by atoms with E-state index in [9.17, 15) is 0 Å². The van der Waals surface area contributed by atoms with E-state index in [0.29, 0.717) is 0 Å². The second-order valence-electron chi connectivity index (χ2n) is 4.54. The Morgan fingerprint density at radius 3 is 2.47 bits per heavy atom. The highest BCUT2D eigenvalue weighted by Gasteiger charge is 2.07. The number of rotatable bonds is 4. The van der Waals surface area contributed by atoms with Gasteiger partial charge in [0.2, 0.25) is 0 Å². The van der Waals surface area contributed by atoms with Crippen molar-refractivity contribution >= 4 is 33.3 Å². The van der Waals surface area contributed by atoms with Crippen LogP contribution < -0.4 is 10.6 Å². The number of hydrogen-bond acceptors (Lipinski definition) is 4. The van der Waals surface area contributed by atoms with Crippen LogP contribution in [0.2, 0.25) is 0 Å². The first-order chi connectivity index (χ1) is 9.08. The van der Waals surface area contributed by atoms with Crippen molar-refractivity contribution in [3.05, 3.63) is 40.6 Å². The van der Waals surface area contributed by atoms with Crippen molar-refractivity contribution in [1.82, 2.24) is 9.97 Å². The molecule has 0 atom stereocenters. The normalized spacial score (nSPS) is 10.6. The SMILES string of the molecule is CNc1cc(Nc2cccc(Br)c2)nc(C(C)C)n1. The van der Waals surface area contributed by atoms with Gasteiger partial charge in [0, 0.05) is 29.2 Å². The summed E-state index contributed by atoms with van der Waals surface area (Å²) in [6.45, 7) is 4.16. The van der Waals surface area contributed by atoms with E-state index in [0.717, 1.165) is 27.6 Å². The number of hydrogen-bond donors (Lipinski definition) is 2. The number of halogens is 1. The van der Waals surface area contributed by atoms with E-state index in [1.54, 1.807) is 0 Å². The van der Waals surface area contributed by atoms with Crippen molar-refractivity contribution in [2.75, 3.05) is 17.7 Å². The third-order valence-electron chi connectivity index (χ3n) is 2.61. The third-order valence-corrected chi connectivity index (χ3v) is 3.11. The molecule has 2 rings (SSSR count). The van der Waals surface area contributed by atoms with E-state index >= 15 is 0 Å². The van der Waals surface area contributed by atoms with E-state index in [-0.39, 0.29) is 5.92 Å². The first kappa shape index (κ1) is 13.8. The van der Waals surface area contributed by atoms with Gasteiger partial charge in [-0.25, -0.2) is 9.97 Å². The molecular formula is C14H17BrN4. The molecule has 2 N–H and O–H groups in total. The maximum Gasteiger partial charge on any atom is 0.136 e. The van der Waals surface area contributed by atoms with Crippen LogP contribution in [0.15, 0.2) is 34.8 Å². The molecule has 0 radical (unpaired) electrons. The summed E-state index contributed by atoms with van der Waals surface area (Å²) in [6, 6.07) is 9.88. The molecule has 0 aliphatic carbocycles. The van der Waals surface area contributed by atoms with Crippen LogP contribution >= 0.6 is 15.9 Å². The maximum absolute atomic E-state index is 4.53. The van der Waals surface area contributed by atoms with Crippen LogP contribution in [0.1, 0.15) is 25.6 Å². The van der Waals surface area contributed by atoms with Crippen LogP contribution in [-0.2, 0) is 0 Å². The fraction of sp³-hybridized carbons (Fsp3) is 0.286. The van der Waals surface area contributed by atoms with Gasteiger partial charge in [0.25, 0.3) is 0 Å². The minimum atomic E-state index is 0.288. The molecule has 100 valence electrons. The molecule has 0 aliphatic heterocycles. The molecule has 0 amide bonds. The predicted octanol–water partition coefficient (Wildman–Crippen LogP) is 4.15. The molecule has 5 heteroatoms. The van der Waals surface area contributed by atoms with E-state index in [1.165, 1.54) is 0 Å². The Balaban J connectivity index is 2.31. The first-order valence-electron chi connectivity index (χ1n) is 6.18. The van der Waals surface area contributed by atoms with Crippen LogP contribution in [0.5, 0.6) is 0 Å². The van der Waals surface area contributed by atoms with Gasteiger partial charge in [0.15, 0.2) is 0 Å². The van der Waals surface area contributed by atoms with Gasteiger partial charge in [-0.15, -0.1) is 0 Å². The van der Waals surface area contributed by atoms with Crippen LogP contribution in [0, 0.1) is 0 Å². The minimum Gasteiger partial charge on any atom is -0.373 e. The summed E-state index contributed by atoms with van der Waals surface area (Å²) in [5, 5.41) is 6.35. The first-order valence-corrected chi connectivity index (χ1v) is 6.97. The summed E-state index contributed by atoms with van der Waals surface area (Å²) >= 11 is 3.46. The highest BCUT2D eigenvalue weighted by Crippen LogP contribution is 2.22. The summed E-state index contributed by atoms with van der Waals surface area (Å²) in [5.41, 5.74) is 0.991. The van der Waals surface area contributed by atoms with Gasteiger partial charge in [-0.3, -0.25) is 0 Å². The van der Waals surface area contributed by atoms with Gasteiger partial charge in [-0.2, -0.15) is 0 Å². The van der Waals surface area contributed by atoms with Crippen molar-refractivity contribution < 1.29 is 0 Å². The van der Waals surface area contributed by atoms with Gasteiger partial charge in [0.1, 0.15) is 17.5 Å². The lowest BCUT2D eigenvalue weighted by Crippen LogP contribution is -2.05. The van der Waals surface area contributed by atoms with E-state index in [1.807, 2.05) is 37.4 Å². The zero-order valence-electron chi connectivity index (χ0n) is 11.2. The van der Waals surface area contributed by atoms with E-state index < -0.39 is 0 Å². The largest absolute Gasteiger partial charge is 0.373 e. The van der Waals surface area contributed by atoms with Crippen molar-refractivity contribution in [1.29, 1.82) is 0 Å². The standard InChI is InChI=1S/C14H17BrN4/c1-9(2)14-18-12(16-3)8-13(19-14)17-11-6-4-5-10(15)7-11/h4-9H,1-3H3,(H2,16,17,18,19). The van der Waals surface area contributed by atoms with Crippen LogP contribution in [-0.4, -0.2) is 17.0 Å². The number of nitrogens with zero attached hydrogens (tertiary/aromatic N) is 2. The van der Waals surface area contributed by atoms with Crippen LogP contribution in [0.4, 0.5) is 17.3 Å². The molecule has 1 aromatic carbocycles. The molecule has 4 nitrogen and oxygen atoms in total. The summed E-state index contributed by atoms with van der Waals surface area (Å²) < 4.78 is 1.03. The van der Waals surface area contributed by atoms with Gasteiger partial charge >= 0.3 is 0 Å². The second-order valence-corrected chi connectivity index (χ2v) is 5.45. The topological polar surface area (TPSA) is 49.8 Å². The van der Waals surface area contributed by atoms with Crippen LogP contribution in [0.3, 0.4) is 0 Å². The predicted molar refractivity (Wildman–Crippen MR) is 83.1 cm³/mol. The lowest BCUT2D eigenvalue weighted by atomic mass is 10.2. The number of benzene rings is 1. The van der Waals surface area contributed by atoms with E-state index in [4.69, 9.17) is 0 Å². The molecule has 19 heavy (non-hydrogen) atoms. The van der Waals surface area contributed by atoms with Crippen molar-refractivity contribution in [3.63, 3.8) is 0 Å². The monoisotopic (exact) mass is 320 g/mol. The number of aromatic nitrogens is 2. The smallest absolute Gasteiger partial charge is 0.136 e. The lowest BCUT2D eigenvalue weighted by Gasteiger charge is -2.11. The Kier molecular flexibility index (Phi) is 4.37. The Morgan fingerprint density at radius 2 is 1.84 bits per heavy atom. The van der Waals surface area contributed by atoms with Crippen molar-refractivity contribution in [2.24, 2.45) is 0 Å². The molecule has 0 unspecified atom stereocenters. The highest BCUT2D eigenvalue weighted by molar-refractivity contribution is 9.10. The number of nitrogens with one attached hydrogen (secondary N) is 2. The molecule has 0 fully saturated rings.